The topological polar surface area (TPSA) is 93.1 Å². The largest absolute Gasteiger partial charge is 0.507 e. The third-order valence-corrected chi connectivity index (χ3v) is 5.12. The summed E-state index contributed by atoms with van der Waals surface area (Å²) in [5, 5.41) is 9.71. The Hall–Kier alpha value is -1.64. The number of aromatic hydroxyl groups is 1. The third-order valence-electron chi connectivity index (χ3n) is 3.21. The van der Waals surface area contributed by atoms with Crippen molar-refractivity contribution in [2.45, 2.75) is 17.4 Å². The molecule has 0 bridgehead atoms. The maximum atomic E-state index is 12.5. The van der Waals surface area contributed by atoms with Crippen LogP contribution in [-0.4, -0.2) is 56.7 Å². The SMILES string of the molecule is COC(=O)CC1CN(S(=O)(=O)c2ccccc2O)CCO1. The lowest BCUT2D eigenvalue weighted by Crippen LogP contribution is -2.46. The monoisotopic (exact) mass is 315 g/mol. The van der Waals surface area contributed by atoms with Crippen molar-refractivity contribution in [3.8, 4) is 5.75 Å². The van der Waals surface area contributed by atoms with E-state index in [4.69, 9.17) is 4.74 Å². The lowest BCUT2D eigenvalue weighted by Gasteiger charge is -2.31. The first-order valence-electron chi connectivity index (χ1n) is 6.41. The van der Waals surface area contributed by atoms with E-state index in [1.165, 1.54) is 23.5 Å². The Morgan fingerprint density at radius 3 is 2.86 bits per heavy atom. The highest BCUT2D eigenvalue weighted by Gasteiger charge is 2.33. The van der Waals surface area contributed by atoms with Crippen LogP contribution < -0.4 is 0 Å². The van der Waals surface area contributed by atoms with Crippen molar-refractivity contribution < 1.29 is 27.8 Å². The number of methoxy groups -OCH3 is 1. The number of sulfonamides is 1. The second kappa shape index (κ2) is 6.42. The van der Waals surface area contributed by atoms with Gasteiger partial charge in [0.25, 0.3) is 0 Å². The van der Waals surface area contributed by atoms with E-state index in [2.05, 4.69) is 4.74 Å². The number of phenolic OH excluding ortho intramolecular Hbond substituents is 1. The Balaban J connectivity index is 2.17. The van der Waals surface area contributed by atoms with E-state index >= 15 is 0 Å². The summed E-state index contributed by atoms with van der Waals surface area (Å²) in [5.74, 6) is -0.754. The Labute approximate surface area is 123 Å². The van der Waals surface area contributed by atoms with Gasteiger partial charge in [0, 0.05) is 13.1 Å². The maximum Gasteiger partial charge on any atom is 0.308 e. The molecule has 0 amide bonds. The van der Waals surface area contributed by atoms with Crippen LogP contribution in [0.2, 0.25) is 0 Å². The van der Waals surface area contributed by atoms with Gasteiger partial charge in [-0.3, -0.25) is 4.79 Å². The molecule has 21 heavy (non-hydrogen) atoms. The fourth-order valence-electron chi connectivity index (χ4n) is 2.12. The van der Waals surface area contributed by atoms with Gasteiger partial charge in [0.1, 0.15) is 10.6 Å². The Morgan fingerprint density at radius 2 is 2.19 bits per heavy atom. The fourth-order valence-corrected chi connectivity index (χ4v) is 3.66. The van der Waals surface area contributed by atoms with Crippen LogP contribution in [0.1, 0.15) is 6.42 Å². The minimum atomic E-state index is -3.82. The molecule has 1 heterocycles. The Bertz CT molecular complexity index is 615. The lowest BCUT2D eigenvalue weighted by molar-refractivity contribution is -0.145. The fraction of sp³-hybridized carbons (Fsp3) is 0.462. The molecule has 1 aromatic carbocycles. The molecule has 1 unspecified atom stereocenters. The quantitative estimate of drug-likeness (QED) is 0.806. The number of carbonyl (C=O) groups excluding carboxylic acids is 1. The first kappa shape index (κ1) is 15.7. The van der Waals surface area contributed by atoms with E-state index in [0.717, 1.165) is 0 Å². The van der Waals surface area contributed by atoms with E-state index < -0.39 is 22.1 Å². The molecule has 1 aromatic rings. The highest BCUT2D eigenvalue weighted by Crippen LogP contribution is 2.26. The molecule has 0 aliphatic carbocycles. The summed E-state index contributed by atoms with van der Waals surface area (Å²) in [6.07, 6.45) is -0.560. The molecule has 0 aromatic heterocycles. The van der Waals surface area contributed by atoms with E-state index in [1.54, 1.807) is 12.1 Å². The van der Waals surface area contributed by atoms with E-state index in [1.807, 2.05) is 0 Å². The minimum Gasteiger partial charge on any atom is -0.507 e. The predicted molar refractivity (Wildman–Crippen MR) is 73.2 cm³/mol. The number of esters is 1. The van der Waals surface area contributed by atoms with Crippen LogP contribution in [0.4, 0.5) is 0 Å². The molecule has 116 valence electrons. The number of rotatable bonds is 4. The van der Waals surface area contributed by atoms with Crippen molar-refractivity contribution in [2.24, 2.45) is 0 Å². The first-order valence-corrected chi connectivity index (χ1v) is 7.85. The van der Waals surface area contributed by atoms with Crippen LogP contribution in [0.15, 0.2) is 29.2 Å². The zero-order valence-corrected chi connectivity index (χ0v) is 12.4. The van der Waals surface area contributed by atoms with E-state index in [9.17, 15) is 18.3 Å². The molecular formula is C13H17NO6S. The summed E-state index contributed by atoms with van der Waals surface area (Å²) >= 11 is 0. The van der Waals surface area contributed by atoms with Gasteiger partial charge in [0.2, 0.25) is 10.0 Å². The van der Waals surface area contributed by atoms with Crippen LogP contribution in [0.5, 0.6) is 5.75 Å². The minimum absolute atomic E-state index is 0.0106. The number of nitrogens with zero attached hydrogens (tertiary/aromatic N) is 1. The molecule has 1 aliphatic rings. The summed E-state index contributed by atoms with van der Waals surface area (Å²) in [5.41, 5.74) is 0. The Kier molecular flexibility index (Phi) is 4.81. The number of benzene rings is 1. The van der Waals surface area contributed by atoms with Gasteiger partial charge in [-0.15, -0.1) is 0 Å². The van der Waals surface area contributed by atoms with Gasteiger partial charge in [0.05, 0.1) is 26.2 Å². The van der Waals surface area contributed by atoms with Crippen LogP contribution in [0.3, 0.4) is 0 Å². The summed E-state index contributed by atoms with van der Waals surface area (Å²) in [6, 6.07) is 5.75. The number of hydrogen-bond acceptors (Lipinski definition) is 6. The Morgan fingerprint density at radius 1 is 1.48 bits per heavy atom. The number of carbonyl (C=O) groups is 1. The highest BCUT2D eigenvalue weighted by atomic mass is 32.2. The van der Waals surface area contributed by atoms with Gasteiger partial charge < -0.3 is 14.6 Å². The molecule has 1 N–H and O–H groups in total. The van der Waals surface area contributed by atoms with Crippen molar-refractivity contribution in [3.63, 3.8) is 0 Å². The van der Waals surface area contributed by atoms with Gasteiger partial charge in [-0.05, 0) is 12.1 Å². The van der Waals surface area contributed by atoms with Gasteiger partial charge >= 0.3 is 5.97 Å². The number of para-hydroxylation sites is 1. The molecule has 2 rings (SSSR count). The highest BCUT2D eigenvalue weighted by molar-refractivity contribution is 7.89. The number of ether oxygens (including phenoxy) is 2. The van der Waals surface area contributed by atoms with Crippen molar-refractivity contribution in [1.82, 2.24) is 4.31 Å². The van der Waals surface area contributed by atoms with Crippen molar-refractivity contribution in [3.05, 3.63) is 24.3 Å². The maximum absolute atomic E-state index is 12.5. The second-order valence-corrected chi connectivity index (χ2v) is 6.51. The normalized spacial score (nSPS) is 20.1. The van der Waals surface area contributed by atoms with Crippen molar-refractivity contribution in [2.75, 3.05) is 26.8 Å². The molecular weight excluding hydrogens is 298 g/mol. The van der Waals surface area contributed by atoms with Gasteiger partial charge in [-0.1, -0.05) is 12.1 Å². The summed E-state index contributed by atoms with van der Waals surface area (Å²) in [6.45, 7) is 0.411. The number of phenols is 1. The molecule has 1 fully saturated rings. The van der Waals surface area contributed by atoms with E-state index in [-0.39, 0.29) is 36.8 Å². The van der Waals surface area contributed by atoms with Crippen LogP contribution in [-0.2, 0) is 24.3 Å². The average Bonchev–Trinajstić information content (AvgIpc) is 2.47. The standard InChI is InChI=1S/C13H17NO6S/c1-19-13(16)8-10-9-14(6-7-20-10)21(17,18)12-5-3-2-4-11(12)15/h2-5,10,15H,6-9H2,1H3. The number of hydrogen-bond donors (Lipinski definition) is 1. The summed E-state index contributed by atoms with van der Waals surface area (Å²) in [7, 11) is -2.55. The van der Waals surface area contributed by atoms with Gasteiger partial charge in [0.15, 0.2) is 0 Å². The molecule has 8 heteroatoms. The van der Waals surface area contributed by atoms with E-state index in [0.29, 0.717) is 0 Å². The molecule has 1 atom stereocenters. The summed E-state index contributed by atoms with van der Waals surface area (Å²) < 4.78 is 36.1. The smallest absolute Gasteiger partial charge is 0.308 e. The van der Waals surface area contributed by atoms with Crippen LogP contribution in [0, 0.1) is 0 Å². The average molecular weight is 315 g/mol. The first-order chi connectivity index (χ1) is 9.95. The summed E-state index contributed by atoms with van der Waals surface area (Å²) in [4.78, 5) is 11.1. The molecule has 0 saturated carbocycles. The predicted octanol–water partition coefficient (Wildman–Crippen LogP) is 0.345. The van der Waals surface area contributed by atoms with Crippen molar-refractivity contribution in [1.29, 1.82) is 0 Å². The third kappa shape index (κ3) is 3.52. The number of morpholine rings is 1. The van der Waals surface area contributed by atoms with Crippen LogP contribution >= 0.6 is 0 Å². The molecule has 1 saturated heterocycles. The van der Waals surface area contributed by atoms with Crippen LogP contribution in [0.25, 0.3) is 0 Å². The zero-order chi connectivity index (χ0) is 15.5. The lowest BCUT2D eigenvalue weighted by atomic mass is 10.2. The molecule has 0 radical (unpaired) electrons. The zero-order valence-electron chi connectivity index (χ0n) is 11.6. The van der Waals surface area contributed by atoms with Crippen molar-refractivity contribution >= 4 is 16.0 Å². The second-order valence-electron chi connectivity index (χ2n) is 4.60. The molecule has 7 nitrogen and oxygen atoms in total. The van der Waals surface area contributed by atoms with Gasteiger partial charge in [-0.25, -0.2) is 8.42 Å². The molecule has 1 aliphatic heterocycles. The molecule has 0 spiro atoms. The van der Waals surface area contributed by atoms with Gasteiger partial charge in [-0.2, -0.15) is 4.31 Å².